The van der Waals surface area contributed by atoms with Crippen LogP contribution in [0.5, 0.6) is 5.75 Å². The molecule has 26 heavy (non-hydrogen) atoms. The monoisotopic (exact) mass is 384 g/mol. The van der Waals surface area contributed by atoms with Gasteiger partial charge in [0.25, 0.3) is 0 Å². The lowest BCUT2D eigenvalue weighted by Gasteiger charge is -2.06. The third-order valence-corrected chi connectivity index (χ3v) is 4.38. The van der Waals surface area contributed by atoms with E-state index in [0.29, 0.717) is 5.56 Å². The third-order valence-electron chi connectivity index (χ3n) is 3.39. The van der Waals surface area contributed by atoms with Crippen molar-refractivity contribution < 1.29 is 22.3 Å². The molecule has 1 aromatic heterocycles. The van der Waals surface area contributed by atoms with Crippen LogP contribution >= 0.6 is 11.8 Å². The van der Waals surface area contributed by atoms with Gasteiger partial charge >= 0.3 is 6.61 Å². The molecule has 0 spiro atoms. The van der Waals surface area contributed by atoms with Gasteiger partial charge in [-0.1, -0.05) is 23.9 Å². The fraction of sp³-hybridized carbons (Fsp3) is 0.125. The van der Waals surface area contributed by atoms with E-state index < -0.39 is 18.2 Å². The van der Waals surface area contributed by atoms with Crippen molar-refractivity contribution in [3.05, 3.63) is 59.7 Å². The van der Waals surface area contributed by atoms with Gasteiger partial charge in [0, 0.05) is 16.9 Å². The van der Waals surface area contributed by atoms with Gasteiger partial charge in [-0.2, -0.15) is 8.78 Å². The Labute approximate surface area is 149 Å². The summed E-state index contributed by atoms with van der Waals surface area (Å²) in [5, 5.41) is 8.14. The second-order valence-electron chi connectivity index (χ2n) is 5.08. The highest BCUT2D eigenvalue weighted by Crippen LogP contribution is 2.27. The molecular weight excluding hydrogens is 372 g/mol. The molecule has 0 amide bonds. The molecule has 10 heteroatoms. The van der Waals surface area contributed by atoms with Crippen molar-refractivity contribution in [2.24, 2.45) is 0 Å². The lowest BCUT2D eigenvalue weighted by molar-refractivity contribution is -0.0498. The SMILES string of the molecule is Nn1c(SCc2cccc(F)c2F)nnc1-c1ccc(OC(F)F)cc1. The molecule has 0 fully saturated rings. The van der Waals surface area contributed by atoms with Crippen molar-refractivity contribution in [3.8, 4) is 17.1 Å². The van der Waals surface area contributed by atoms with Crippen LogP contribution in [-0.2, 0) is 5.75 Å². The number of rotatable bonds is 6. The minimum atomic E-state index is -2.91. The summed E-state index contributed by atoms with van der Waals surface area (Å²) in [6.07, 6.45) is 0. The Morgan fingerprint density at radius 1 is 1.08 bits per heavy atom. The van der Waals surface area contributed by atoms with Crippen LogP contribution in [0.3, 0.4) is 0 Å². The van der Waals surface area contributed by atoms with Crippen LogP contribution < -0.4 is 10.6 Å². The van der Waals surface area contributed by atoms with Crippen molar-refractivity contribution in [1.82, 2.24) is 14.9 Å². The maximum atomic E-state index is 13.7. The normalized spacial score (nSPS) is 11.1. The average Bonchev–Trinajstić information content (AvgIpc) is 2.97. The van der Waals surface area contributed by atoms with E-state index in [1.54, 1.807) is 0 Å². The van der Waals surface area contributed by atoms with Crippen LogP contribution in [0.15, 0.2) is 47.6 Å². The largest absolute Gasteiger partial charge is 0.435 e. The second-order valence-corrected chi connectivity index (χ2v) is 6.02. The molecule has 136 valence electrons. The van der Waals surface area contributed by atoms with Gasteiger partial charge in [0.1, 0.15) is 5.75 Å². The first kappa shape index (κ1) is 18.1. The van der Waals surface area contributed by atoms with Crippen LogP contribution in [0.4, 0.5) is 17.6 Å². The number of aromatic nitrogens is 3. The molecule has 0 radical (unpaired) electrons. The molecule has 0 bridgehead atoms. The van der Waals surface area contributed by atoms with Crippen LogP contribution in [0, 0.1) is 11.6 Å². The van der Waals surface area contributed by atoms with E-state index >= 15 is 0 Å². The molecule has 0 atom stereocenters. The van der Waals surface area contributed by atoms with Gasteiger partial charge in [0.05, 0.1) is 0 Å². The Balaban J connectivity index is 1.74. The smallest absolute Gasteiger partial charge is 0.387 e. The molecule has 1 heterocycles. The number of alkyl halides is 2. The number of hydrogen-bond donors (Lipinski definition) is 1. The molecule has 0 aliphatic heterocycles. The van der Waals surface area contributed by atoms with E-state index in [2.05, 4.69) is 14.9 Å². The Morgan fingerprint density at radius 2 is 1.81 bits per heavy atom. The summed E-state index contributed by atoms with van der Waals surface area (Å²) in [5.74, 6) is 4.49. The zero-order valence-electron chi connectivity index (χ0n) is 13.1. The highest BCUT2D eigenvalue weighted by molar-refractivity contribution is 7.98. The minimum absolute atomic E-state index is 0.00279. The summed E-state index contributed by atoms with van der Waals surface area (Å²) >= 11 is 1.08. The van der Waals surface area contributed by atoms with Gasteiger partial charge in [-0.3, -0.25) is 0 Å². The number of ether oxygens (including phenoxy) is 1. The van der Waals surface area contributed by atoms with E-state index in [-0.39, 0.29) is 28.0 Å². The maximum Gasteiger partial charge on any atom is 0.387 e. The van der Waals surface area contributed by atoms with Crippen LogP contribution in [0.2, 0.25) is 0 Å². The van der Waals surface area contributed by atoms with E-state index in [4.69, 9.17) is 5.84 Å². The lowest BCUT2D eigenvalue weighted by Crippen LogP contribution is -2.11. The first-order valence-corrected chi connectivity index (χ1v) is 8.25. The predicted octanol–water partition coefficient (Wildman–Crippen LogP) is 3.83. The van der Waals surface area contributed by atoms with Gasteiger partial charge in [-0.15, -0.1) is 10.2 Å². The van der Waals surface area contributed by atoms with Crippen LogP contribution in [0.25, 0.3) is 11.4 Å². The number of halogens is 4. The van der Waals surface area contributed by atoms with Gasteiger partial charge in [-0.05, 0) is 30.3 Å². The zero-order valence-corrected chi connectivity index (χ0v) is 13.9. The second kappa shape index (κ2) is 7.65. The highest BCUT2D eigenvalue weighted by Gasteiger charge is 2.15. The summed E-state index contributed by atoms with van der Waals surface area (Å²) in [6.45, 7) is -2.91. The summed E-state index contributed by atoms with van der Waals surface area (Å²) in [4.78, 5) is 0. The van der Waals surface area contributed by atoms with Crippen molar-refractivity contribution in [1.29, 1.82) is 0 Å². The Bertz CT molecular complexity index is 902. The van der Waals surface area contributed by atoms with E-state index in [0.717, 1.165) is 17.8 Å². The third kappa shape index (κ3) is 3.90. The molecule has 0 unspecified atom stereocenters. The summed E-state index contributed by atoms with van der Waals surface area (Å²) < 4.78 is 56.7. The van der Waals surface area contributed by atoms with Crippen molar-refractivity contribution in [2.45, 2.75) is 17.5 Å². The molecule has 0 saturated carbocycles. The number of nitrogens with zero attached hydrogens (tertiary/aromatic N) is 3. The van der Waals surface area contributed by atoms with Crippen molar-refractivity contribution in [2.75, 3.05) is 5.84 Å². The lowest BCUT2D eigenvalue weighted by atomic mass is 10.2. The molecule has 5 nitrogen and oxygen atoms in total. The van der Waals surface area contributed by atoms with Gasteiger partial charge in [0.15, 0.2) is 17.5 Å². The Kier molecular flexibility index (Phi) is 5.31. The number of nitrogens with two attached hydrogens (primary N) is 1. The van der Waals surface area contributed by atoms with Gasteiger partial charge < -0.3 is 10.6 Å². The molecular formula is C16H12F4N4OS. The fourth-order valence-corrected chi connectivity index (χ4v) is 2.99. The number of thioether (sulfide) groups is 1. The summed E-state index contributed by atoms with van der Waals surface area (Å²) in [6, 6.07) is 9.63. The Hall–Kier alpha value is -2.75. The molecule has 0 aliphatic rings. The molecule has 3 aromatic rings. The van der Waals surface area contributed by atoms with Crippen LogP contribution in [-0.4, -0.2) is 21.5 Å². The van der Waals surface area contributed by atoms with E-state index in [9.17, 15) is 17.6 Å². The summed E-state index contributed by atoms with van der Waals surface area (Å²) in [7, 11) is 0. The first-order chi connectivity index (χ1) is 12.5. The van der Waals surface area contributed by atoms with E-state index in [1.807, 2.05) is 0 Å². The summed E-state index contributed by atoms with van der Waals surface area (Å²) in [5.41, 5.74) is 0.707. The van der Waals surface area contributed by atoms with Gasteiger partial charge in [0.2, 0.25) is 5.16 Å². The number of benzene rings is 2. The topological polar surface area (TPSA) is 66.0 Å². The maximum absolute atomic E-state index is 13.7. The zero-order chi connectivity index (χ0) is 18.7. The van der Waals surface area contributed by atoms with Crippen LogP contribution in [0.1, 0.15) is 5.56 Å². The average molecular weight is 384 g/mol. The number of nitrogen functional groups attached to an aromatic ring is 1. The fourth-order valence-electron chi connectivity index (χ4n) is 2.16. The first-order valence-electron chi connectivity index (χ1n) is 7.27. The van der Waals surface area contributed by atoms with Crippen molar-refractivity contribution in [3.63, 3.8) is 0 Å². The minimum Gasteiger partial charge on any atom is -0.435 e. The quantitative estimate of drug-likeness (QED) is 0.398. The number of hydrogen-bond acceptors (Lipinski definition) is 5. The highest BCUT2D eigenvalue weighted by atomic mass is 32.2. The molecule has 2 N–H and O–H groups in total. The molecule has 0 aliphatic carbocycles. The molecule has 3 rings (SSSR count). The molecule has 2 aromatic carbocycles. The Morgan fingerprint density at radius 3 is 2.50 bits per heavy atom. The van der Waals surface area contributed by atoms with Crippen molar-refractivity contribution >= 4 is 11.8 Å². The van der Waals surface area contributed by atoms with E-state index in [1.165, 1.54) is 41.1 Å². The standard InChI is InChI=1S/C16H12F4N4OS/c17-12-3-1-2-10(13(12)18)8-26-16-23-22-14(24(16)21)9-4-6-11(7-5-9)25-15(19)20/h1-7,15H,8,21H2. The van der Waals surface area contributed by atoms with Gasteiger partial charge in [-0.25, -0.2) is 13.5 Å². The predicted molar refractivity (Wildman–Crippen MR) is 88.2 cm³/mol. The molecule has 0 saturated heterocycles.